The number of likely N-dealkylation sites (tertiary alicyclic amines) is 1. The van der Waals surface area contributed by atoms with E-state index in [0.29, 0.717) is 23.8 Å². The van der Waals surface area contributed by atoms with E-state index in [1.165, 1.54) is 38.5 Å². The number of fused-ring (bicyclic) bond motifs is 4. The highest BCUT2D eigenvalue weighted by Crippen LogP contribution is 2.51. The number of ether oxygens (including phenoxy) is 1. The number of carbonyl (C=O) groups excluding carboxylic acids is 2. The van der Waals surface area contributed by atoms with E-state index in [0.717, 1.165) is 45.3 Å². The third-order valence-electron chi connectivity index (χ3n) is 13.3. The standard InChI is InChI=1S/C36H56FN5O3/c1-35(2)15-23(16-36(3,4)40-35)39-34(44)25-18-42-28-12-20-8-5-6-9-21(20)13-29(28)45-33-30(42)24(32(25)43)14-26(37)31(33)41-17-22-10-7-11-38-27(22)19-41/h18,20-24,26-31,33,38,40H,5-17,19H2,1-4H3,(H,39,44). The molecular formula is C36H56FN5O3. The molecule has 3 N–H and O–H groups in total. The third kappa shape index (κ3) is 5.49. The Balaban J connectivity index is 1.11. The summed E-state index contributed by atoms with van der Waals surface area (Å²) < 4.78 is 23.7. The van der Waals surface area contributed by atoms with Crippen LogP contribution in [0.15, 0.2) is 11.8 Å². The normalized spacial score (nSPS) is 45.9. The van der Waals surface area contributed by atoms with E-state index in [1.807, 2.05) is 6.20 Å². The minimum Gasteiger partial charge on any atom is -0.369 e. The van der Waals surface area contributed by atoms with Gasteiger partial charge in [0.05, 0.1) is 35.9 Å². The van der Waals surface area contributed by atoms with E-state index >= 15 is 4.39 Å². The van der Waals surface area contributed by atoms with Gasteiger partial charge in [-0.1, -0.05) is 25.7 Å². The number of nitrogens with one attached hydrogen (secondary N) is 3. The molecule has 11 unspecified atom stereocenters. The van der Waals surface area contributed by atoms with Crippen molar-refractivity contribution in [3.8, 4) is 0 Å². The van der Waals surface area contributed by atoms with Crippen molar-refractivity contribution in [3.63, 3.8) is 0 Å². The average molecular weight is 626 g/mol. The first kappa shape index (κ1) is 30.8. The van der Waals surface area contributed by atoms with Gasteiger partial charge in [0.25, 0.3) is 5.91 Å². The van der Waals surface area contributed by atoms with Crippen molar-refractivity contribution in [2.75, 3.05) is 19.6 Å². The predicted octanol–water partition coefficient (Wildman–Crippen LogP) is 3.70. The molecule has 8 aliphatic rings. The Morgan fingerprint density at radius 3 is 2.40 bits per heavy atom. The Labute approximate surface area is 269 Å². The zero-order valence-electron chi connectivity index (χ0n) is 27.9. The number of alkyl halides is 1. The molecule has 0 aromatic rings. The van der Waals surface area contributed by atoms with Crippen LogP contribution in [0.1, 0.15) is 98.3 Å². The summed E-state index contributed by atoms with van der Waals surface area (Å²) in [4.78, 5) is 33.1. The van der Waals surface area contributed by atoms with Gasteiger partial charge >= 0.3 is 0 Å². The lowest BCUT2D eigenvalue weighted by molar-refractivity contribution is -0.219. The van der Waals surface area contributed by atoms with Crippen molar-refractivity contribution in [1.29, 1.82) is 0 Å². The molecule has 45 heavy (non-hydrogen) atoms. The molecule has 0 bridgehead atoms. The zero-order valence-corrected chi connectivity index (χ0v) is 27.9. The van der Waals surface area contributed by atoms with Gasteiger partial charge in [-0.15, -0.1) is 0 Å². The molecule has 11 atom stereocenters. The van der Waals surface area contributed by atoms with E-state index in [2.05, 4.69) is 53.4 Å². The van der Waals surface area contributed by atoms with Crippen LogP contribution in [0.3, 0.4) is 0 Å². The van der Waals surface area contributed by atoms with Crippen LogP contribution in [-0.2, 0) is 14.3 Å². The second-order valence-corrected chi connectivity index (χ2v) is 17.6. The highest BCUT2D eigenvalue weighted by Gasteiger charge is 2.61. The number of halogens is 1. The summed E-state index contributed by atoms with van der Waals surface area (Å²) in [6.07, 6.45) is 11.7. The number of rotatable bonds is 3. The fourth-order valence-electron chi connectivity index (χ4n) is 11.9. The summed E-state index contributed by atoms with van der Waals surface area (Å²) in [6, 6.07) is -0.0287. The molecule has 5 heterocycles. The van der Waals surface area contributed by atoms with Gasteiger partial charge in [-0.05, 0) is 96.9 Å². The van der Waals surface area contributed by atoms with Crippen LogP contribution in [0.25, 0.3) is 0 Å². The Bertz CT molecular complexity index is 1190. The van der Waals surface area contributed by atoms with Crippen LogP contribution < -0.4 is 16.0 Å². The van der Waals surface area contributed by atoms with E-state index in [9.17, 15) is 9.59 Å². The highest BCUT2D eigenvalue weighted by molar-refractivity contribution is 6.20. The van der Waals surface area contributed by atoms with Crippen molar-refractivity contribution < 1.29 is 18.7 Å². The van der Waals surface area contributed by atoms with Crippen molar-refractivity contribution in [1.82, 2.24) is 25.8 Å². The molecule has 3 saturated carbocycles. The Morgan fingerprint density at radius 2 is 1.67 bits per heavy atom. The molecule has 8 rings (SSSR count). The third-order valence-corrected chi connectivity index (χ3v) is 13.3. The number of amides is 1. The number of hydrogen-bond acceptors (Lipinski definition) is 7. The van der Waals surface area contributed by atoms with E-state index in [4.69, 9.17) is 4.74 Å². The lowest BCUT2D eigenvalue weighted by Crippen LogP contribution is -2.73. The molecular weight excluding hydrogens is 569 g/mol. The number of ketones is 1. The van der Waals surface area contributed by atoms with E-state index in [1.54, 1.807) is 0 Å². The quantitative estimate of drug-likeness (QED) is 0.413. The second-order valence-electron chi connectivity index (χ2n) is 17.6. The van der Waals surface area contributed by atoms with E-state index in [-0.39, 0.29) is 71.1 Å². The minimum atomic E-state index is -1.15. The molecule has 0 radical (unpaired) electrons. The van der Waals surface area contributed by atoms with Gasteiger partial charge in [0.15, 0.2) is 5.78 Å². The van der Waals surface area contributed by atoms with Gasteiger partial charge in [-0.3, -0.25) is 14.5 Å². The van der Waals surface area contributed by atoms with Crippen LogP contribution in [-0.4, -0.2) is 101 Å². The molecule has 5 aliphatic heterocycles. The molecule has 250 valence electrons. The monoisotopic (exact) mass is 625 g/mol. The maximum atomic E-state index is 16.6. The predicted molar refractivity (Wildman–Crippen MR) is 171 cm³/mol. The minimum absolute atomic E-state index is 0.0156. The summed E-state index contributed by atoms with van der Waals surface area (Å²) in [7, 11) is 0. The molecule has 4 saturated heterocycles. The molecule has 7 fully saturated rings. The number of hydrogen-bond donors (Lipinski definition) is 3. The Kier molecular flexibility index (Phi) is 7.70. The molecule has 9 heteroatoms. The number of nitrogens with zero attached hydrogens (tertiary/aromatic N) is 2. The maximum Gasteiger partial charge on any atom is 0.256 e. The van der Waals surface area contributed by atoms with Crippen LogP contribution in [0.5, 0.6) is 0 Å². The molecule has 8 nitrogen and oxygen atoms in total. The second kappa shape index (κ2) is 11.3. The molecule has 0 aromatic carbocycles. The number of carbonyl (C=O) groups is 2. The van der Waals surface area contributed by atoms with Gasteiger partial charge in [0, 0.05) is 48.4 Å². The molecule has 3 aliphatic carbocycles. The first-order valence-corrected chi connectivity index (χ1v) is 18.4. The largest absolute Gasteiger partial charge is 0.369 e. The van der Waals surface area contributed by atoms with Crippen molar-refractivity contribution >= 4 is 11.7 Å². The number of morpholine rings is 1. The summed E-state index contributed by atoms with van der Waals surface area (Å²) in [5.41, 5.74) is -0.0132. The number of Topliss-reactive ketones (excluding diaryl/α,β-unsaturated/α-hetero) is 1. The van der Waals surface area contributed by atoms with Gasteiger partial charge in [-0.2, -0.15) is 0 Å². The topological polar surface area (TPSA) is 85.9 Å². The van der Waals surface area contributed by atoms with Crippen LogP contribution >= 0.6 is 0 Å². The van der Waals surface area contributed by atoms with E-state index < -0.39 is 12.1 Å². The smallest absolute Gasteiger partial charge is 0.256 e. The van der Waals surface area contributed by atoms with Crippen LogP contribution in [0, 0.1) is 23.7 Å². The lowest BCUT2D eigenvalue weighted by Gasteiger charge is -2.61. The Hall–Kier alpha value is -1.55. The maximum absolute atomic E-state index is 16.6. The Morgan fingerprint density at radius 1 is 0.956 bits per heavy atom. The fraction of sp³-hybridized carbons (Fsp3) is 0.889. The van der Waals surface area contributed by atoms with Crippen molar-refractivity contribution in [3.05, 3.63) is 11.8 Å². The summed E-state index contributed by atoms with van der Waals surface area (Å²) in [5, 5.41) is 10.7. The fourth-order valence-corrected chi connectivity index (χ4v) is 11.9. The van der Waals surface area contributed by atoms with Crippen LogP contribution in [0.2, 0.25) is 0 Å². The summed E-state index contributed by atoms with van der Waals surface area (Å²) in [6.45, 7) is 11.5. The van der Waals surface area contributed by atoms with Crippen molar-refractivity contribution in [2.24, 2.45) is 23.7 Å². The first-order valence-electron chi connectivity index (χ1n) is 18.4. The zero-order chi connectivity index (χ0) is 31.2. The van der Waals surface area contributed by atoms with Crippen LogP contribution in [0.4, 0.5) is 4.39 Å². The van der Waals surface area contributed by atoms with Crippen molar-refractivity contribution in [2.45, 2.75) is 158 Å². The SMILES string of the molecule is CC1(C)CC(NC(=O)C2=CN3C4CC5CCCCC5CC4OC4C(N5CC6CCCNC6C5)C(F)CC(C2=O)C43)CC(C)(C)N1. The summed E-state index contributed by atoms with van der Waals surface area (Å²) >= 11 is 0. The molecule has 1 amide bonds. The molecule has 0 spiro atoms. The van der Waals surface area contributed by atoms with Gasteiger partial charge in [0.1, 0.15) is 6.17 Å². The van der Waals surface area contributed by atoms with Gasteiger partial charge < -0.3 is 25.6 Å². The van der Waals surface area contributed by atoms with Gasteiger partial charge in [0.2, 0.25) is 0 Å². The average Bonchev–Trinajstić information content (AvgIpc) is 3.39. The highest BCUT2D eigenvalue weighted by atomic mass is 19.1. The lowest BCUT2D eigenvalue weighted by atomic mass is 9.64. The number of piperidine rings is 2. The van der Waals surface area contributed by atoms with Gasteiger partial charge in [-0.25, -0.2) is 4.39 Å². The molecule has 0 aromatic heterocycles. The summed E-state index contributed by atoms with van der Waals surface area (Å²) in [5.74, 6) is 0.872. The first-order chi connectivity index (χ1) is 21.5.